The molecule has 2 aliphatic rings. The van der Waals surface area contributed by atoms with E-state index in [-0.39, 0.29) is 24.7 Å². The molecule has 2 aromatic carbocycles. The first-order chi connectivity index (χ1) is 17.3. The van der Waals surface area contributed by atoms with E-state index in [1.807, 2.05) is 13.0 Å². The van der Waals surface area contributed by atoms with Crippen molar-refractivity contribution in [3.63, 3.8) is 0 Å². The number of aromatic hydroxyl groups is 1. The highest BCUT2D eigenvalue weighted by atomic mass is 35.5. The van der Waals surface area contributed by atoms with Crippen LogP contribution in [-0.2, 0) is 9.59 Å². The van der Waals surface area contributed by atoms with Gasteiger partial charge in [0.05, 0.1) is 41.9 Å². The van der Waals surface area contributed by atoms with E-state index >= 15 is 0 Å². The summed E-state index contributed by atoms with van der Waals surface area (Å²) < 4.78 is 0. The Morgan fingerprint density at radius 1 is 1.14 bits per heavy atom. The van der Waals surface area contributed by atoms with Crippen LogP contribution in [0, 0.1) is 17.8 Å². The van der Waals surface area contributed by atoms with Crippen molar-refractivity contribution in [3.05, 3.63) is 75.8 Å². The third kappa shape index (κ3) is 4.97. The number of amides is 2. The van der Waals surface area contributed by atoms with E-state index in [1.54, 1.807) is 42.5 Å². The first-order valence-electron chi connectivity index (χ1n) is 12.0. The maximum atomic E-state index is 13.4. The summed E-state index contributed by atoms with van der Waals surface area (Å²) >= 11 is 6.19. The zero-order valence-corrected chi connectivity index (χ0v) is 20.7. The number of carbonyl (C=O) groups is 2. The predicted octanol–water partition coefficient (Wildman–Crippen LogP) is 3.70. The number of halogens is 1. The summed E-state index contributed by atoms with van der Waals surface area (Å²) in [6, 6.07) is 13.4. The van der Waals surface area contributed by atoms with Crippen molar-refractivity contribution in [1.29, 1.82) is 0 Å². The van der Waals surface area contributed by atoms with E-state index in [0.717, 1.165) is 16.0 Å². The van der Waals surface area contributed by atoms with Gasteiger partial charge in [-0.2, -0.15) is 0 Å². The molecule has 190 valence electrons. The third-order valence-corrected chi connectivity index (χ3v) is 7.47. The molecule has 1 aliphatic carbocycles. The maximum Gasteiger partial charge on any atom is 0.238 e. The van der Waals surface area contributed by atoms with Gasteiger partial charge in [0.1, 0.15) is 5.75 Å². The topological polar surface area (TPSA) is 118 Å². The number of hydrogen-bond donors (Lipinski definition) is 4. The Bertz CT molecular complexity index is 1210. The highest BCUT2D eigenvalue weighted by Crippen LogP contribution is 2.47. The van der Waals surface area contributed by atoms with Crippen LogP contribution in [0.15, 0.2) is 65.3 Å². The van der Waals surface area contributed by atoms with E-state index < -0.39 is 36.4 Å². The molecule has 4 rings (SSSR count). The number of anilines is 1. The molecule has 0 radical (unpaired) electrons. The molecule has 4 atom stereocenters. The number of aliphatic hydroxyl groups excluding tert-OH is 3. The number of fused-ring (bicyclic) bond motifs is 1. The van der Waals surface area contributed by atoms with Crippen molar-refractivity contribution < 1.29 is 30.0 Å². The van der Waals surface area contributed by atoms with Gasteiger partial charge in [-0.25, -0.2) is 0 Å². The Morgan fingerprint density at radius 2 is 1.86 bits per heavy atom. The average molecular weight is 512 g/mol. The monoisotopic (exact) mass is 511 g/mol. The summed E-state index contributed by atoms with van der Waals surface area (Å²) in [4.78, 5) is 27.8. The van der Waals surface area contributed by atoms with Gasteiger partial charge in [0.15, 0.2) is 0 Å². The number of allylic oxidation sites excluding steroid dienone is 1. The number of nitrogens with zero attached hydrogens (tertiary/aromatic N) is 1. The number of phenolic OH excluding ortho intramolecular Hbond substituents is 1. The molecule has 0 aromatic heterocycles. The van der Waals surface area contributed by atoms with E-state index in [0.29, 0.717) is 34.7 Å². The molecule has 1 heterocycles. The summed E-state index contributed by atoms with van der Waals surface area (Å²) in [6.07, 6.45) is 1.83. The molecule has 36 heavy (non-hydrogen) atoms. The van der Waals surface area contributed by atoms with Crippen LogP contribution in [-0.4, -0.2) is 51.6 Å². The quantitative estimate of drug-likeness (QED) is 0.317. The molecule has 4 N–H and O–H groups in total. The van der Waals surface area contributed by atoms with Gasteiger partial charge in [-0.3, -0.25) is 14.5 Å². The number of aliphatic hydroxyl groups is 3. The Hall–Kier alpha value is -2.97. The molecule has 0 spiro atoms. The molecule has 8 heteroatoms. The standard InChI is InChI=1S/C28H30ClNO6/c1-16(11-17-8-9-20(33)13-23(17)29)7-10-24(34)25-18(14-31)12-21-26(22(25)15-32)28(36)30(27(21)35)19-5-3-2-4-6-19/h2-6,8-9,11,13,21-22,24,26,31-34H,7,10,12,14-15H2,1H3/b16-11+/t21-,22+,24-,26-/m1/s1. The molecule has 0 bridgehead atoms. The number of benzene rings is 2. The molecular weight excluding hydrogens is 482 g/mol. The lowest BCUT2D eigenvalue weighted by Crippen LogP contribution is -2.39. The van der Waals surface area contributed by atoms with Gasteiger partial charge in [-0.05, 0) is 73.2 Å². The van der Waals surface area contributed by atoms with Crippen LogP contribution < -0.4 is 4.90 Å². The van der Waals surface area contributed by atoms with E-state index in [1.165, 1.54) is 6.07 Å². The van der Waals surface area contributed by atoms with Gasteiger partial charge in [-0.15, -0.1) is 0 Å². The summed E-state index contributed by atoms with van der Waals surface area (Å²) in [7, 11) is 0. The van der Waals surface area contributed by atoms with Crippen LogP contribution in [0.4, 0.5) is 5.69 Å². The SMILES string of the molecule is C/C(=C\c1ccc(O)cc1Cl)CC[C@@H](O)C1=C(CO)C[C@H]2C(=O)N(c3ccccc3)C(=O)[C@H]2[C@H]1CO. The van der Waals surface area contributed by atoms with E-state index in [9.17, 15) is 30.0 Å². The molecular formula is C28H30ClNO6. The molecule has 2 aromatic rings. The fourth-order valence-electron chi connectivity index (χ4n) is 5.43. The van der Waals surface area contributed by atoms with Gasteiger partial charge >= 0.3 is 0 Å². The lowest BCUT2D eigenvalue weighted by molar-refractivity contribution is -0.123. The molecule has 7 nitrogen and oxygen atoms in total. The van der Waals surface area contributed by atoms with Gasteiger partial charge in [-0.1, -0.05) is 41.4 Å². The number of phenols is 1. The largest absolute Gasteiger partial charge is 0.508 e. The Labute approximate surface area is 214 Å². The van der Waals surface area contributed by atoms with Crippen molar-refractivity contribution in [2.24, 2.45) is 17.8 Å². The third-order valence-electron chi connectivity index (χ3n) is 7.14. The first kappa shape index (κ1) is 26.1. The summed E-state index contributed by atoms with van der Waals surface area (Å²) in [6.45, 7) is 1.11. The van der Waals surface area contributed by atoms with Crippen molar-refractivity contribution in [2.45, 2.75) is 32.3 Å². The lowest BCUT2D eigenvalue weighted by Gasteiger charge is -2.36. The van der Waals surface area contributed by atoms with E-state index in [4.69, 9.17) is 11.6 Å². The predicted molar refractivity (Wildman–Crippen MR) is 137 cm³/mol. The van der Waals surface area contributed by atoms with Crippen LogP contribution in [0.2, 0.25) is 5.02 Å². The summed E-state index contributed by atoms with van der Waals surface area (Å²) in [5.74, 6) is -2.91. The summed E-state index contributed by atoms with van der Waals surface area (Å²) in [5, 5.41) is 41.5. The second kappa shape index (κ2) is 11.0. The number of imide groups is 1. The van der Waals surface area contributed by atoms with E-state index in [2.05, 4.69) is 0 Å². The Balaban J connectivity index is 1.56. The summed E-state index contributed by atoms with van der Waals surface area (Å²) in [5.41, 5.74) is 3.10. The smallest absolute Gasteiger partial charge is 0.238 e. The minimum absolute atomic E-state index is 0.0742. The van der Waals surface area contributed by atoms with Crippen molar-refractivity contribution in [3.8, 4) is 5.75 Å². The maximum absolute atomic E-state index is 13.4. The zero-order valence-electron chi connectivity index (χ0n) is 20.0. The van der Waals surface area contributed by atoms with Crippen molar-refractivity contribution >= 4 is 35.2 Å². The molecule has 1 saturated heterocycles. The second-order valence-electron chi connectivity index (χ2n) is 9.44. The van der Waals surface area contributed by atoms with Gasteiger partial charge in [0.25, 0.3) is 0 Å². The Morgan fingerprint density at radius 3 is 2.50 bits per heavy atom. The fourth-order valence-corrected chi connectivity index (χ4v) is 5.66. The second-order valence-corrected chi connectivity index (χ2v) is 9.85. The van der Waals surface area contributed by atoms with Crippen LogP contribution in [0.5, 0.6) is 5.75 Å². The van der Waals surface area contributed by atoms with Crippen molar-refractivity contribution in [1.82, 2.24) is 0 Å². The number of carbonyl (C=O) groups excluding carboxylic acids is 2. The van der Waals surface area contributed by atoms with Crippen LogP contribution in [0.25, 0.3) is 6.08 Å². The molecule has 0 unspecified atom stereocenters. The number of rotatable bonds is 8. The van der Waals surface area contributed by atoms with Crippen LogP contribution in [0.3, 0.4) is 0 Å². The highest BCUT2D eigenvalue weighted by Gasteiger charge is 2.55. The highest BCUT2D eigenvalue weighted by molar-refractivity contribution is 6.32. The van der Waals surface area contributed by atoms with Gasteiger partial charge in [0, 0.05) is 5.92 Å². The minimum Gasteiger partial charge on any atom is -0.508 e. The van der Waals surface area contributed by atoms with Gasteiger partial charge < -0.3 is 20.4 Å². The van der Waals surface area contributed by atoms with Crippen molar-refractivity contribution in [2.75, 3.05) is 18.1 Å². The molecule has 2 amide bonds. The molecule has 1 fully saturated rings. The van der Waals surface area contributed by atoms with Crippen LogP contribution >= 0.6 is 11.6 Å². The number of para-hydroxylation sites is 1. The minimum atomic E-state index is -1.00. The van der Waals surface area contributed by atoms with Crippen LogP contribution in [0.1, 0.15) is 31.7 Å². The first-order valence-corrected chi connectivity index (χ1v) is 12.3. The van der Waals surface area contributed by atoms with Gasteiger partial charge in [0.2, 0.25) is 11.8 Å². The zero-order chi connectivity index (χ0) is 26.0. The lowest BCUT2D eigenvalue weighted by atomic mass is 9.68. The average Bonchev–Trinajstić information content (AvgIpc) is 3.12. The Kier molecular flexibility index (Phi) is 7.95. The molecule has 1 aliphatic heterocycles. The normalized spacial score (nSPS) is 23.3. The fraction of sp³-hybridized carbons (Fsp3) is 0.357. The number of hydrogen-bond acceptors (Lipinski definition) is 6. The molecule has 0 saturated carbocycles.